The number of nitriles is 1. The van der Waals surface area contributed by atoms with Crippen LogP contribution < -0.4 is 0 Å². The average molecular weight is 186 g/mol. The Morgan fingerprint density at radius 3 is 2.38 bits per heavy atom. The van der Waals surface area contributed by atoms with Crippen molar-refractivity contribution in [1.82, 2.24) is 4.90 Å². The molecule has 1 aliphatic heterocycles. The lowest BCUT2D eigenvalue weighted by Crippen LogP contribution is -2.31. The second-order valence-electron chi connectivity index (χ2n) is 3.37. The summed E-state index contributed by atoms with van der Waals surface area (Å²) < 4.78 is 0. The van der Waals surface area contributed by atoms with Gasteiger partial charge in [0, 0.05) is 19.6 Å². The van der Waals surface area contributed by atoms with Gasteiger partial charge in [-0.25, -0.2) is 0 Å². The summed E-state index contributed by atoms with van der Waals surface area (Å²) in [5, 5.41) is 35.9. The van der Waals surface area contributed by atoms with E-state index in [0.29, 0.717) is 19.6 Å². The molecule has 13 heavy (non-hydrogen) atoms. The molecule has 1 aliphatic rings. The van der Waals surface area contributed by atoms with E-state index in [1.807, 2.05) is 6.07 Å². The van der Waals surface area contributed by atoms with Crippen molar-refractivity contribution in [2.24, 2.45) is 0 Å². The Kier molecular flexibility index (Phi) is 3.63. The highest BCUT2D eigenvalue weighted by Gasteiger charge is 2.30. The molecule has 3 N–H and O–H groups in total. The van der Waals surface area contributed by atoms with Crippen LogP contribution in [0.1, 0.15) is 6.42 Å². The van der Waals surface area contributed by atoms with Crippen LogP contribution in [-0.4, -0.2) is 58.2 Å². The summed E-state index contributed by atoms with van der Waals surface area (Å²) in [6.45, 7) is 1.06. The molecule has 0 aromatic rings. The Labute approximate surface area is 76.8 Å². The molecule has 0 aromatic carbocycles. The molecular weight excluding hydrogens is 172 g/mol. The topological polar surface area (TPSA) is 87.7 Å². The van der Waals surface area contributed by atoms with Crippen molar-refractivity contribution >= 4 is 0 Å². The van der Waals surface area contributed by atoms with Crippen LogP contribution in [0.3, 0.4) is 0 Å². The number of hydrogen-bond acceptors (Lipinski definition) is 5. The lowest BCUT2D eigenvalue weighted by molar-refractivity contribution is 0.0572. The number of aliphatic hydroxyl groups excluding tert-OH is 3. The van der Waals surface area contributed by atoms with Gasteiger partial charge >= 0.3 is 0 Å². The Hall–Kier alpha value is -0.670. The van der Waals surface area contributed by atoms with Gasteiger partial charge in [-0.05, 0) is 0 Å². The fourth-order valence-electron chi connectivity index (χ4n) is 1.46. The van der Waals surface area contributed by atoms with Crippen molar-refractivity contribution in [3.05, 3.63) is 0 Å². The van der Waals surface area contributed by atoms with Crippen molar-refractivity contribution in [2.45, 2.75) is 24.7 Å². The highest BCUT2D eigenvalue weighted by molar-refractivity contribution is 4.86. The molecule has 0 radical (unpaired) electrons. The van der Waals surface area contributed by atoms with E-state index in [0.717, 1.165) is 0 Å². The number of rotatable bonds is 3. The van der Waals surface area contributed by atoms with E-state index in [1.54, 1.807) is 4.90 Å². The third-order valence-electron chi connectivity index (χ3n) is 2.13. The molecule has 5 nitrogen and oxygen atoms in total. The summed E-state index contributed by atoms with van der Waals surface area (Å²) in [7, 11) is 0. The second-order valence-corrected chi connectivity index (χ2v) is 3.37. The largest absolute Gasteiger partial charge is 0.391 e. The Balaban J connectivity index is 2.28. The van der Waals surface area contributed by atoms with Crippen LogP contribution in [0, 0.1) is 11.3 Å². The molecule has 0 spiro atoms. The zero-order valence-electron chi connectivity index (χ0n) is 7.30. The molecule has 0 amide bonds. The van der Waals surface area contributed by atoms with Gasteiger partial charge in [-0.1, -0.05) is 0 Å². The third-order valence-corrected chi connectivity index (χ3v) is 2.13. The fourth-order valence-corrected chi connectivity index (χ4v) is 1.46. The smallest absolute Gasteiger partial charge is 0.0938 e. The highest BCUT2D eigenvalue weighted by Crippen LogP contribution is 2.10. The van der Waals surface area contributed by atoms with E-state index >= 15 is 0 Å². The van der Waals surface area contributed by atoms with Crippen LogP contribution in [0.4, 0.5) is 0 Å². The number of likely N-dealkylation sites (tertiary alicyclic amines) is 1. The van der Waals surface area contributed by atoms with Crippen LogP contribution in [0.2, 0.25) is 0 Å². The van der Waals surface area contributed by atoms with Crippen LogP contribution in [-0.2, 0) is 0 Å². The van der Waals surface area contributed by atoms with Gasteiger partial charge in [0.1, 0.15) is 0 Å². The first kappa shape index (κ1) is 10.4. The first-order valence-electron chi connectivity index (χ1n) is 4.27. The molecule has 1 fully saturated rings. The van der Waals surface area contributed by atoms with Crippen LogP contribution in [0.5, 0.6) is 0 Å². The van der Waals surface area contributed by atoms with Crippen molar-refractivity contribution < 1.29 is 15.3 Å². The zero-order chi connectivity index (χ0) is 9.84. The summed E-state index contributed by atoms with van der Waals surface area (Å²) in [6, 6.07) is 1.86. The fraction of sp³-hybridized carbons (Fsp3) is 0.875. The van der Waals surface area contributed by atoms with Crippen LogP contribution in [0.15, 0.2) is 0 Å². The molecule has 0 saturated carbocycles. The van der Waals surface area contributed by atoms with Crippen molar-refractivity contribution in [2.75, 3.05) is 19.6 Å². The molecule has 0 aromatic heterocycles. The van der Waals surface area contributed by atoms with E-state index in [9.17, 15) is 15.3 Å². The van der Waals surface area contributed by atoms with Gasteiger partial charge in [0.2, 0.25) is 0 Å². The molecule has 0 aliphatic carbocycles. The molecular formula is C8H14N2O3. The van der Waals surface area contributed by atoms with Crippen molar-refractivity contribution in [1.29, 1.82) is 5.26 Å². The summed E-state index contributed by atoms with van der Waals surface area (Å²) in [5.74, 6) is 0. The standard InChI is InChI=1S/C8H14N2O3/c9-2-1-6(11)3-10-4-7(12)8(13)5-10/h6-8,11-13H,1,3-5H2/t6-,7?,8?/m1/s1. The number of nitrogens with zero attached hydrogens (tertiary/aromatic N) is 2. The van der Waals surface area contributed by atoms with Gasteiger partial charge in [-0.15, -0.1) is 0 Å². The zero-order valence-corrected chi connectivity index (χ0v) is 7.30. The number of β-amino-alcohol motifs (C(OH)–C–C–N with tert-alkyl or cyclic N) is 3. The van der Waals surface area contributed by atoms with E-state index < -0.39 is 18.3 Å². The van der Waals surface area contributed by atoms with Gasteiger partial charge < -0.3 is 15.3 Å². The second kappa shape index (κ2) is 4.53. The minimum Gasteiger partial charge on any atom is -0.391 e. The molecule has 0 bridgehead atoms. The summed E-state index contributed by atoms with van der Waals surface area (Å²) >= 11 is 0. The SMILES string of the molecule is N#CC[C@@H](O)CN1CC(O)C(O)C1. The van der Waals surface area contributed by atoms with Gasteiger partial charge in [0.25, 0.3) is 0 Å². The van der Waals surface area contributed by atoms with Gasteiger partial charge in [0.05, 0.1) is 30.8 Å². The van der Waals surface area contributed by atoms with Gasteiger partial charge in [-0.3, -0.25) is 4.90 Å². The first-order chi connectivity index (χ1) is 6.13. The summed E-state index contributed by atoms with van der Waals surface area (Å²) in [4.78, 5) is 1.75. The maximum absolute atomic E-state index is 9.25. The maximum atomic E-state index is 9.25. The summed E-state index contributed by atoms with van der Waals surface area (Å²) in [6.07, 6.45) is -2.06. The molecule has 1 rings (SSSR count). The van der Waals surface area contributed by atoms with Crippen molar-refractivity contribution in [3.8, 4) is 6.07 Å². The molecule has 2 unspecified atom stereocenters. The lowest BCUT2D eigenvalue weighted by atomic mass is 10.2. The monoisotopic (exact) mass is 186 g/mol. The number of aliphatic hydroxyl groups is 3. The van der Waals surface area contributed by atoms with Gasteiger partial charge in [0.15, 0.2) is 0 Å². The predicted molar refractivity (Wildman–Crippen MR) is 44.7 cm³/mol. The molecule has 3 atom stereocenters. The van der Waals surface area contributed by atoms with Crippen LogP contribution >= 0.6 is 0 Å². The lowest BCUT2D eigenvalue weighted by Gasteiger charge is -2.17. The first-order valence-corrected chi connectivity index (χ1v) is 4.27. The maximum Gasteiger partial charge on any atom is 0.0938 e. The minimum atomic E-state index is -0.728. The minimum absolute atomic E-state index is 0.0860. The van der Waals surface area contributed by atoms with Gasteiger partial charge in [-0.2, -0.15) is 5.26 Å². The van der Waals surface area contributed by atoms with E-state index in [2.05, 4.69) is 0 Å². The molecule has 1 saturated heterocycles. The van der Waals surface area contributed by atoms with Crippen molar-refractivity contribution in [3.63, 3.8) is 0 Å². The molecule has 1 heterocycles. The average Bonchev–Trinajstić information content (AvgIpc) is 2.31. The highest BCUT2D eigenvalue weighted by atomic mass is 16.3. The Morgan fingerprint density at radius 1 is 1.38 bits per heavy atom. The third kappa shape index (κ3) is 2.94. The molecule has 5 heteroatoms. The predicted octanol–water partition coefficient (Wildman–Crippen LogP) is -1.70. The normalized spacial score (nSPS) is 31.5. The summed E-state index contributed by atoms with van der Waals surface area (Å²) in [5.41, 5.74) is 0. The number of hydrogen-bond donors (Lipinski definition) is 3. The molecule has 74 valence electrons. The van der Waals surface area contributed by atoms with Crippen LogP contribution in [0.25, 0.3) is 0 Å². The van der Waals surface area contributed by atoms with E-state index in [4.69, 9.17) is 5.26 Å². The Morgan fingerprint density at radius 2 is 1.92 bits per heavy atom. The van der Waals surface area contributed by atoms with E-state index in [1.165, 1.54) is 0 Å². The Bertz CT molecular complexity index is 194. The quantitative estimate of drug-likeness (QED) is 0.489. The van der Waals surface area contributed by atoms with E-state index in [-0.39, 0.29) is 6.42 Å².